The number of fused-ring (bicyclic) bond motifs is 1. The molecule has 0 atom stereocenters. The summed E-state index contributed by atoms with van der Waals surface area (Å²) in [5.74, 6) is -0.0645. The van der Waals surface area contributed by atoms with Gasteiger partial charge < -0.3 is 10.4 Å². The third-order valence-electron chi connectivity index (χ3n) is 2.84. The Morgan fingerprint density at radius 2 is 2.05 bits per heavy atom. The number of aromatic hydroxyl groups is 1. The van der Waals surface area contributed by atoms with E-state index in [9.17, 15) is 9.90 Å². The summed E-state index contributed by atoms with van der Waals surface area (Å²) in [4.78, 5) is 16.4. The zero-order valence-corrected chi connectivity index (χ0v) is 12.4. The Bertz CT molecular complexity index is 592. The van der Waals surface area contributed by atoms with Crippen molar-refractivity contribution in [3.63, 3.8) is 0 Å². The van der Waals surface area contributed by atoms with Gasteiger partial charge in [-0.05, 0) is 48.0 Å². The Kier molecular flexibility index (Phi) is 4.04. The average Bonchev–Trinajstić information content (AvgIpc) is 2.38. The number of aliphatic imine (C=N–C) groups is 1. The molecule has 0 aliphatic heterocycles. The SMILES string of the molecule is CCN=C1C=CC(=O)c2c(NCC)cc(Br)c(O)c21. The molecule has 0 fully saturated rings. The fraction of sp³-hybridized carbons (Fsp3) is 0.286. The van der Waals surface area contributed by atoms with E-state index in [1.165, 1.54) is 6.08 Å². The number of carbonyl (C=O) groups excluding carboxylic acids is 1. The highest BCUT2D eigenvalue weighted by Crippen LogP contribution is 2.38. The number of benzene rings is 1. The molecular formula is C14H15BrN2O2. The van der Waals surface area contributed by atoms with Crippen molar-refractivity contribution in [2.24, 2.45) is 4.99 Å². The van der Waals surface area contributed by atoms with E-state index in [2.05, 4.69) is 26.2 Å². The number of nitrogens with zero attached hydrogens (tertiary/aromatic N) is 1. The minimum absolute atomic E-state index is 0.0570. The summed E-state index contributed by atoms with van der Waals surface area (Å²) in [5.41, 5.74) is 2.33. The first kappa shape index (κ1) is 13.8. The molecule has 0 saturated carbocycles. The Morgan fingerprint density at radius 3 is 2.68 bits per heavy atom. The fourth-order valence-electron chi connectivity index (χ4n) is 2.10. The standard InChI is InChI=1S/C14H15BrN2O2/c1-3-16-9-5-6-11(18)12-10(17-4-2)7-8(15)14(19)13(9)12/h5-7,17,19H,3-4H2,1-2H3. The molecule has 0 amide bonds. The minimum atomic E-state index is -0.121. The summed E-state index contributed by atoms with van der Waals surface area (Å²) in [5, 5.41) is 13.4. The summed E-state index contributed by atoms with van der Waals surface area (Å²) < 4.78 is 0.550. The predicted molar refractivity (Wildman–Crippen MR) is 80.5 cm³/mol. The lowest BCUT2D eigenvalue weighted by molar-refractivity contribution is 0.104. The van der Waals surface area contributed by atoms with Crippen LogP contribution in [0, 0.1) is 0 Å². The van der Waals surface area contributed by atoms with Crippen LogP contribution >= 0.6 is 15.9 Å². The summed E-state index contributed by atoms with van der Waals surface area (Å²) in [7, 11) is 0. The number of rotatable bonds is 3. The van der Waals surface area contributed by atoms with Crippen LogP contribution in [-0.4, -0.2) is 29.7 Å². The van der Waals surface area contributed by atoms with Gasteiger partial charge >= 0.3 is 0 Å². The molecule has 0 spiro atoms. The maximum absolute atomic E-state index is 12.1. The number of hydrogen-bond donors (Lipinski definition) is 2. The van der Waals surface area contributed by atoms with Gasteiger partial charge in [0.05, 0.1) is 21.3 Å². The average molecular weight is 323 g/mol. The molecule has 0 radical (unpaired) electrons. The van der Waals surface area contributed by atoms with Gasteiger partial charge in [0.15, 0.2) is 5.78 Å². The normalized spacial score (nSPS) is 15.7. The van der Waals surface area contributed by atoms with Gasteiger partial charge in [0.25, 0.3) is 0 Å². The highest BCUT2D eigenvalue weighted by molar-refractivity contribution is 9.10. The number of allylic oxidation sites excluding steroid dienone is 2. The van der Waals surface area contributed by atoms with Crippen molar-refractivity contribution in [1.29, 1.82) is 0 Å². The Balaban J connectivity index is 2.75. The first-order valence-corrected chi connectivity index (χ1v) is 6.96. The number of hydrogen-bond acceptors (Lipinski definition) is 4. The molecule has 1 aliphatic carbocycles. The van der Waals surface area contributed by atoms with Crippen LogP contribution in [0.5, 0.6) is 5.75 Å². The van der Waals surface area contributed by atoms with Crippen LogP contribution < -0.4 is 5.32 Å². The molecule has 1 aliphatic rings. The van der Waals surface area contributed by atoms with Crippen LogP contribution in [0.2, 0.25) is 0 Å². The van der Waals surface area contributed by atoms with E-state index >= 15 is 0 Å². The second kappa shape index (κ2) is 5.57. The van der Waals surface area contributed by atoms with Crippen molar-refractivity contribution in [3.8, 4) is 5.75 Å². The van der Waals surface area contributed by atoms with Crippen molar-refractivity contribution in [2.45, 2.75) is 13.8 Å². The van der Waals surface area contributed by atoms with Gasteiger partial charge in [-0.3, -0.25) is 9.79 Å². The molecule has 2 N–H and O–H groups in total. The molecule has 1 aromatic rings. The van der Waals surface area contributed by atoms with Crippen LogP contribution in [0.15, 0.2) is 27.7 Å². The summed E-state index contributed by atoms with van der Waals surface area (Å²) in [6.07, 6.45) is 3.14. The van der Waals surface area contributed by atoms with Crippen molar-refractivity contribution in [1.82, 2.24) is 0 Å². The van der Waals surface area contributed by atoms with E-state index in [1.54, 1.807) is 12.1 Å². The maximum Gasteiger partial charge on any atom is 0.188 e. The maximum atomic E-state index is 12.1. The molecule has 19 heavy (non-hydrogen) atoms. The number of ketones is 1. The lowest BCUT2D eigenvalue weighted by Crippen LogP contribution is -2.16. The fourth-order valence-corrected chi connectivity index (χ4v) is 2.53. The third-order valence-corrected chi connectivity index (χ3v) is 3.45. The zero-order chi connectivity index (χ0) is 14.0. The molecule has 0 aromatic heterocycles. The molecule has 0 saturated heterocycles. The van der Waals surface area contributed by atoms with Crippen LogP contribution in [0.3, 0.4) is 0 Å². The van der Waals surface area contributed by atoms with E-state index in [1.807, 2.05) is 13.8 Å². The first-order chi connectivity index (χ1) is 9.10. The van der Waals surface area contributed by atoms with E-state index in [-0.39, 0.29) is 11.5 Å². The second-order valence-corrected chi connectivity index (χ2v) is 4.95. The Morgan fingerprint density at radius 1 is 1.32 bits per heavy atom. The minimum Gasteiger partial charge on any atom is -0.506 e. The van der Waals surface area contributed by atoms with Gasteiger partial charge in [-0.15, -0.1) is 0 Å². The lowest BCUT2D eigenvalue weighted by atomic mass is 9.91. The molecule has 4 nitrogen and oxygen atoms in total. The number of phenols is 1. The van der Waals surface area contributed by atoms with Gasteiger partial charge in [0, 0.05) is 18.8 Å². The number of phenolic OH excluding ortho intramolecular Hbond substituents is 1. The summed E-state index contributed by atoms with van der Waals surface area (Å²) in [6, 6.07) is 1.72. The van der Waals surface area contributed by atoms with Gasteiger partial charge in [0.2, 0.25) is 0 Å². The number of nitrogens with one attached hydrogen (secondary N) is 1. The monoisotopic (exact) mass is 322 g/mol. The topological polar surface area (TPSA) is 61.7 Å². The summed E-state index contributed by atoms with van der Waals surface area (Å²) in [6.45, 7) is 5.16. The first-order valence-electron chi connectivity index (χ1n) is 6.16. The van der Waals surface area contributed by atoms with Crippen molar-refractivity contribution >= 4 is 33.1 Å². The van der Waals surface area contributed by atoms with E-state index < -0.39 is 0 Å². The molecule has 1 aromatic carbocycles. The van der Waals surface area contributed by atoms with Crippen LogP contribution in [0.1, 0.15) is 29.8 Å². The Labute approximate surface area is 120 Å². The quantitative estimate of drug-likeness (QED) is 0.840. The largest absolute Gasteiger partial charge is 0.506 e. The predicted octanol–water partition coefficient (Wildman–Crippen LogP) is 3.15. The van der Waals surface area contributed by atoms with Crippen molar-refractivity contribution in [3.05, 3.63) is 33.8 Å². The molecule has 100 valence electrons. The zero-order valence-electron chi connectivity index (χ0n) is 10.8. The van der Waals surface area contributed by atoms with E-state index in [0.717, 1.165) is 0 Å². The smallest absolute Gasteiger partial charge is 0.188 e. The van der Waals surface area contributed by atoms with Gasteiger partial charge in [-0.25, -0.2) is 0 Å². The lowest BCUT2D eigenvalue weighted by Gasteiger charge is -2.19. The summed E-state index contributed by atoms with van der Waals surface area (Å²) >= 11 is 3.31. The van der Waals surface area contributed by atoms with E-state index in [4.69, 9.17) is 0 Å². The van der Waals surface area contributed by atoms with Gasteiger partial charge in [-0.2, -0.15) is 0 Å². The molecule has 5 heteroatoms. The Hall–Kier alpha value is -1.62. The molecular weight excluding hydrogens is 308 g/mol. The van der Waals surface area contributed by atoms with E-state index in [0.29, 0.717) is 40.1 Å². The van der Waals surface area contributed by atoms with Crippen LogP contribution in [0.4, 0.5) is 5.69 Å². The number of halogens is 1. The van der Waals surface area contributed by atoms with Gasteiger partial charge in [-0.1, -0.05) is 0 Å². The highest BCUT2D eigenvalue weighted by Gasteiger charge is 2.26. The van der Waals surface area contributed by atoms with Gasteiger partial charge in [0.1, 0.15) is 5.75 Å². The molecule has 2 rings (SSSR count). The van der Waals surface area contributed by atoms with Crippen LogP contribution in [0.25, 0.3) is 0 Å². The van der Waals surface area contributed by atoms with Crippen molar-refractivity contribution in [2.75, 3.05) is 18.4 Å². The molecule has 0 bridgehead atoms. The molecule has 0 heterocycles. The third kappa shape index (κ3) is 2.42. The number of carbonyl (C=O) groups is 1. The highest BCUT2D eigenvalue weighted by atomic mass is 79.9. The van der Waals surface area contributed by atoms with Crippen LogP contribution in [-0.2, 0) is 0 Å². The second-order valence-electron chi connectivity index (χ2n) is 4.09. The molecule has 0 unspecified atom stereocenters. The van der Waals surface area contributed by atoms with Crippen molar-refractivity contribution < 1.29 is 9.90 Å². The number of anilines is 1.